The number of carbonyl (C=O) groups is 2. The summed E-state index contributed by atoms with van der Waals surface area (Å²) in [6, 6.07) is 5.90. The van der Waals surface area contributed by atoms with E-state index in [1.54, 1.807) is 18.3 Å². The highest BCUT2D eigenvalue weighted by molar-refractivity contribution is 5.79. The summed E-state index contributed by atoms with van der Waals surface area (Å²) >= 11 is 0. The maximum Gasteiger partial charge on any atom is 0.407 e. The van der Waals surface area contributed by atoms with Crippen molar-refractivity contribution in [2.75, 3.05) is 13.1 Å². The molecule has 10 nitrogen and oxygen atoms in total. The van der Waals surface area contributed by atoms with Gasteiger partial charge in [-0.25, -0.2) is 28.3 Å². The van der Waals surface area contributed by atoms with Crippen molar-refractivity contribution >= 4 is 12.2 Å². The molecule has 12 heteroatoms. The SMILES string of the molecule is CC(C)(C)c1cc(-c2ccc(-c3cnc([C@@H]4CCCN4C(=O)O)[nH]3)c(F)c2)c(C(C)(C)C)c(F)c1-c1cnc([C@@H]2CCCN2C(=O)O)[nH]1. The predicted molar refractivity (Wildman–Crippen MR) is 178 cm³/mol. The Morgan fingerprint density at radius 3 is 1.83 bits per heavy atom. The van der Waals surface area contributed by atoms with Gasteiger partial charge >= 0.3 is 12.2 Å². The second-order valence-electron chi connectivity index (χ2n) is 14.9. The number of nitrogens with zero attached hydrogens (tertiary/aromatic N) is 4. The highest BCUT2D eigenvalue weighted by Gasteiger charge is 2.36. The Labute approximate surface area is 278 Å². The molecule has 0 aliphatic carbocycles. The normalized spacial score (nSPS) is 18.6. The molecule has 2 amide bonds. The number of amides is 2. The van der Waals surface area contributed by atoms with Crippen molar-refractivity contribution in [2.45, 2.75) is 90.1 Å². The maximum atomic E-state index is 17.2. The number of imidazole rings is 2. The van der Waals surface area contributed by atoms with E-state index < -0.39 is 46.7 Å². The van der Waals surface area contributed by atoms with Crippen molar-refractivity contribution in [3.8, 4) is 33.6 Å². The zero-order chi connectivity index (χ0) is 34.7. The largest absolute Gasteiger partial charge is 0.465 e. The Balaban J connectivity index is 1.43. The summed E-state index contributed by atoms with van der Waals surface area (Å²) in [5.74, 6) is -0.0114. The molecule has 4 N–H and O–H groups in total. The van der Waals surface area contributed by atoms with Crippen molar-refractivity contribution in [3.63, 3.8) is 0 Å². The molecule has 0 unspecified atom stereocenters. The number of hydrogen-bond acceptors (Lipinski definition) is 4. The third kappa shape index (κ3) is 5.92. The van der Waals surface area contributed by atoms with Gasteiger partial charge in [-0.3, -0.25) is 9.80 Å². The molecular weight excluding hydrogens is 618 g/mol. The lowest BCUT2D eigenvalue weighted by molar-refractivity contribution is 0.138. The molecule has 2 atom stereocenters. The van der Waals surface area contributed by atoms with Gasteiger partial charge in [-0.15, -0.1) is 0 Å². The summed E-state index contributed by atoms with van der Waals surface area (Å²) in [6.07, 6.45) is 3.77. The minimum atomic E-state index is -1.01. The predicted octanol–water partition coefficient (Wildman–Crippen LogP) is 8.64. The molecule has 2 aliphatic heterocycles. The van der Waals surface area contributed by atoms with E-state index in [2.05, 4.69) is 19.9 Å². The molecule has 4 heterocycles. The number of likely N-dealkylation sites (tertiary alicyclic amines) is 2. The summed E-state index contributed by atoms with van der Waals surface area (Å²) in [4.78, 5) is 41.5. The number of aromatic amines is 2. The lowest BCUT2D eigenvalue weighted by Gasteiger charge is -2.30. The molecule has 0 radical (unpaired) electrons. The van der Waals surface area contributed by atoms with Gasteiger partial charge in [0.2, 0.25) is 0 Å². The molecule has 2 aromatic heterocycles. The fourth-order valence-electron chi connectivity index (χ4n) is 7.20. The van der Waals surface area contributed by atoms with Crippen LogP contribution in [-0.4, -0.2) is 65.2 Å². The molecular formula is C36H42F2N6O4. The lowest BCUT2D eigenvalue weighted by Crippen LogP contribution is -2.29. The van der Waals surface area contributed by atoms with Crippen molar-refractivity contribution in [1.82, 2.24) is 29.7 Å². The Kier molecular flexibility index (Phi) is 8.33. The van der Waals surface area contributed by atoms with E-state index in [1.165, 1.54) is 22.1 Å². The first-order valence-electron chi connectivity index (χ1n) is 16.3. The van der Waals surface area contributed by atoms with Crippen LogP contribution in [0.4, 0.5) is 18.4 Å². The Morgan fingerprint density at radius 1 is 0.792 bits per heavy atom. The van der Waals surface area contributed by atoms with Crippen LogP contribution < -0.4 is 0 Å². The number of carboxylic acid groups (broad SMARTS) is 2. The minimum absolute atomic E-state index is 0.273. The van der Waals surface area contributed by atoms with E-state index in [9.17, 15) is 19.8 Å². The molecule has 254 valence electrons. The first-order valence-corrected chi connectivity index (χ1v) is 16.3. The summed E-state index contributed by atoms with van der Waals surface area (Å²) in [7, 11) is 0. The van der Waals surface area contributed by atoms with Gasteiger partial charge in [0.25, 0.3) is 0 Å². The number of nitrogens with one attached hydrogen (secondary N) is 2. The Bertz CT molecular complexity index is 1890. The average molecular weight is 661 g/mol. The topological polar surface area (TPSA) is 138 Å². The van der Waals surface area contributed by atoms with E-state index >= 15 is 8.78 Å². The van der Waals surface area contributed by atoms with E-state index in [0.717, 1.165) is 12.8 Å². The molecule has 2 saturated heterocycles. The number of H-pyrrole nitrogens is 2. The minimum Gasteiger partial charge on any atom is -0.465 e. The standard InChI is InChI=1S/C36H42F2N6O4/c1-35(2,3)22-16-21(19-11-12-20(23(37)15-19)24-17-39-31(41-24)26-9-7-13-43(26)33(45)46)29(36(4,5)6)30(38)28(22)25-18-40-32(42-25)27-10-8-14-44(27)34(47)48/h11-12,15-18,26-27H,7-10,13-14H2,1-6H3,(H,39,41)(H,40,42)(H,45,46)(H,47,48)/t26-,27-/m0/s1. The van der Waals surface area contributed by atoms with Crippen LogP contribution in [0.1, 0.15) is 102 Å². The molecule has 48 heavy (non-hydrogen) atoms. The van der Waals surface area contributed by atoms with Gasteiger partial charge in [0.1, 0.15) is 23.3 Å². The van der Waals surface area contributed by atoms with Crippen LogP contribution in [0.15, 0.2) is 36.7 Å². The lowest BCUT2D eigenvalue weighted by atomic mass is 9.74. The smallest absolute Gasteiger partial charge is 0.407 e. The number of aromatic nitrogens is 4. The Morgan fingerprint density at radius 2 is 1.33 bits per heavy atom. The first-order chi connectivity index (χ1) is 22.6. The van der Waals surface area contributed by atoms with E-state index in [1.807, 2.05) is 47.6 Å². The van der Waals surface area contributed by atoms with Crippen molar-refractivity contribution in [2.24, 2.45) is 0 Å². The fraction of sp³-hybridized carbons (Fsp3) is 0.444. The maximum absolute atomic E-state index is 17.2. The molecule has 4 aromatic rings. The fourth-order valence-corrected chi connectivity index (χ4v) is 7.20. The third-order valence-corrected chi connectivity index (χ3v) is 9.48. The van der Waals surface area contributed by atoms with E-state index in [4.69, 9.17) is 0 Å². The van der Waals surface area contributed by atoms with Crippen molar-refractivity contribution in [3.05, 3.63) is 71.1 Å². The molecule has 0 spiro atoms. The molecule has 0 saturated carbocycles. The summed E-state index contributed by atoms with van der Waals surface area (Å²) < 4.78 is 33.1. The molecule has 2 aliphatic rings. The highest BCUT2D eigenvalue weighted by atomic mass is 19.1. The number of halogens is 2. The summed E-state index contributed by atoms with van der Waals surface area (Å²) in [6.45, 7) is 12.5. The van der Waals surface area contributed by atoms with Gasteiger partial charge in [-0.2, -0.15) is 0 Å². The third-order valence-electron chi connectivity index (χ3n) is 9.48. The van der Waals surface area contributed by atoms with Crippen LogP contribution in [-0.2, 0) is 10.8 Å². The zero-order valence-corrected chi connectivity index (χ0v) is 28.1. The quantitative estimate of drug-likeness (QED) is 0.169. The molecule has 0 bridgehead atoms. The van der Waals surface area contributed by atoms with Gasteiger partial charge in [0.15, 0.2) is 0 Å². The monoisotopic (exact) mass is 660 g/mol. The van der Waals surface area contributed by atoms with Gasteiger partial charge < -0.3 is 20.2 Å². The van der Waals surface area contributed by atoms with Gasteiger partial charge in [0.05, 0.1) is 35.9 Å². The van der Waals surface area contributed by atoms with Gasteiger partial charge in [0, 0.05) is 29.8 Å². The van der Waals surface area contributed by atoms with Crippen molar-refractivity contribution < 1.29 is 28.6 Å². The van der Waals surface area contributed by atoms with Gasteiger partial charge in [-0.05, 0) is 71.4 Å². The first kappa shape index (κ1) is 33.2. The zero-order valence-electron chi connectivity index (χ0n) is 28.1. The van der Waals surface area contributed by atoms with Crippen LogP contribution in [0, 0.1) is 11.6 Å². The molecule has 2 aromatic carbocycles. The van der Waals surface area contributed by atoms with Gasteiger partial charge in [-0.1, -0.05) is 47.6 Å². The van der Waals surface area contributed by atoms with Crippen LogP contribution in [0.3, 0.4) is 0 Å². The van der Waals surface area contributed by atoms with E-state index in [-0.39, 0.29) is 5.56 Å². The van der Waals surface area contributed by atoms with Crippen LogP contribution in [0.5, 0.6) is 0 Å². The van der Waals surface area contributed by atoms with Crippen molar-refractivity contribution in [1.29, 1.82) is 0 Å². The molecule has 2 fully saturated rings. The number of hydrogen-bond donors (Lipinski definition) is 4. The van der Waals surface area contributed by atoms with Crippen LogP contribution in [0.2, 0.25) is 0 Å². The second-order valence-corrected chi connectivity index (χ2v) is 14.9. The number of rotatable bonds is 5. The molecule has 6 rings (SSSR count). The van der Waals surface area contributed by atoms with E-state index in [0.29, 0.717) is 76.8 Å². The number of benzene rings is 2. The summed E-state index contributed by atoms with van der Waals surface area (Å²) in [5, 5.41) is 19.2. The highest BCUT2D eigenvalue weighted by Crippen LogP contribution is 2.45. The van der Waals surface area contributed by atoms with Crippen LogP contribution in [0.25, 0.3) is 33.6 Å². The second kappa shape index (κ2) is 12.1. The average Bonchev–Trinajstić information content (AvgIpc) is 3.81. The van der Waals surface area contributed by atoms with Crippen LogP contribution >= 0.6 is 0 Å². The summed E-state index contributed by atoms with van der Waals surface area (Å²) in [5.41, 5.74) is 2.51. The Hall–Kier alpha value is -4.74.